The van der Waals surface area contributed by atoms with Gasteiger partial charge < -0.3 is 9.47 Å². The minimum atomic E-state index is -0.317. The lowest BCUT2D eigenvalue weighted by molar-refractivity contribution is -0.151. The zero-order valence-electron chi connectivity index (χ0n) is 21.8. The summed E-state index contributed by atoms with van der Waals surface area (Å²) < 4.78 is 11.1. The van der Waals surface area contributed by atoms with Crippen LogP contribution in [0.5, 0.6) is 0 Å². The zero-order chi connectivity index (χ0) is 24.0. The van der Waals surface area contributed by atoms with Crippen molar-refractivity contribution < 1.29 is 19.1 Å². The predicted octanol–water partition coefficient (Wildman–Crippen LogP) is 8.33. The average molecular weight is 465 g/mol. The molecule has 0 aromatic rings. The van der Waals surface area contributed by atoms with Gasteiger partial charge in [0.15, 0.2) is 0 Å². The van der Waals surface area contributed by atoms with E-state index in [2.05, 4.69) is 13.8 Å². The topological polar surface area (TPSA) is 52.6 Å². The van der Waals surface area contributed by atoms with E-state index in [0.29, 0.717) is 19.6 Å². The monoisotopic (exact) mass is 464 g/mol. The highest BCUT2D eigenvalue weighted by Crippen LogP contribution is 2.26. The number of allylic oxidation sites excluding steroid dienone is 1. The minimum absolute atomic E-state index is 0.137. The second-order valence-corrected chi connectivity index (χ2v) is 9.83. The third-order valence-electron chi connectivity index (χ3n) is 6.71. The van der Waals surface area contributed by atoms with Gasteiger partial charge in [-0.3, -0.25) is 9.59 Å². The Labute approximate surface area is 204 Å². The van der Waals surface area contributed by atoms with Crippen LogP contribution in [0.3, 0.4) is 0 Å². The lowest BCUT2D eigenvalue weighted by Gasteiger charge is -2.17. The largest absolute Gasteiger partial charge is 0.465 e. The molecule has 0 aromatic heterocycles. The summed E-state index contributed by atoms with van der Waals surface area (Å²) in [5.41, 5.74) is 0. The van der Waals surface area contributed by atoms with Gasteiger partial charge in [-0.1, -0.05) is 116 Å². The summed E-state index contributed by atoms with van der Waals surface area (Å²) >= 11 is 0. The van der Waals surface area contributed by atoms with Crippen molar-refractivity contribution in [2.45, 2.75) is 136 Å². The van der Waals surface area contributed by atoms with E-state index in [1.54, 1.807) is 0 Å². The van der Waals surface area contributed by atoms with Crippen LogP contribution < -0.4 is 0 Å². The maximum atomic E-state index is 12.6. The molecule has 0 aromatic carbocycles. The van der Waals surface area contributed by atoms with E-state index < -0.39 is 0 Å². The van der Waals surface area contributed by atoms with Gasteiger partial charge in [0.1, 0.15) is 0 Å². The van der Waals surface area contributed by atoms with E-state index in [1.807, 2.05) is 12.2 Å². The first-order valence-electron chi connectivity index (χ1n) is 14.2. The fraction of sp³-hybridized carbons (Fsp3) is 0.862. The van der Waals surface area contributed by atoms with Crippen molar-refractivity contribution in [2.24, 2.45) is 11.8 Å². The highest BCUT2D eigenvalue weighted by atomic mass is 16.5. The van der Waals surface area contributed by atoms with E-state index >= 15 is 0 Å². The molecule has 4 nitrogen and oxygen atoms in total. The van der Waals surface area contributed by atoms with Gasteiger partial charge in [0.2, 0.25) is 0 Å². The van der Waals surface area contributed by atoms with Crippen LogP contribution in [0, 0.1) is 11.8 Å². The molecule has 2 atom stereocenters. The molecule has 192 valence electrons. The van der Waals surface area contributed by atoms with E-state index in [-0.39, 0.29) is 23.8 Å². The Morgan fingerprint density at radius 2 is 1.12 bits per heavy atom. The molecular weight excluding hydrogens is 412 g/mol. The first kappa shape index (κ1) is 29.7. The van der Waals surface area contributed by atoms with E-state index in [0.717, 1.165) is 38.5 Å². The molecule has 0 fully saturated rings. The van der Waals surface area contributed by atoms with Crippen molar-refractivity contribution in [1.82, 2.24) is 0 Å². The number of esters is 2. The number of unbranched alkanes of at least 4 members (excludes halogenated alkanes) is 14. The number of rotatable bonds is 20. The lowest BCUT2D eigenvalue weighted by Crippen LogP contribution is -2.24. The van der Waals surface area contributed by atoms with Crippen LogP contribution in [0.15, 0.2) is 12.2 Å². The third kappa shape index (κ3) is 16.0. The average Bonchev–Trinajstić information content (AvgIpc) is 3.08. The second kappa shape index (κ2) is 21.2. The Hall–Kier alpha value is -1.32. The Kier molecular flexibility index (Phi) is 19.1. The van der Waals surface area contributed by atoms with Crippen molar-refractivity contribution in [3.05, 3.63) is 12.2 Å². The Morgan fingerprint density at radius 1 is 0.667 bits per heavy atom. The number of hydrogen-bond donors (Lipinski definition) is 0. The normalized spacial score (nSPS) is 18.1. The summed E-state index contributed by atoms with van der Waals surface area (Å²) in [5, 5.41) is 0. The number of carbonyl (C=O) groups excluding carboxylic acids is 2. The zero-order valence-corrected chi connectivity index (χ0v) is 21.8. The fourth-order valence-corrected chi connectivity index (χ4v) is 4.49. The summed E-state index contributed by atoms with van der Waals surface area (Å²) in [6, 6.07) is 0. The van der Waals surface area contributed by atoms with Gasteiger partial charge >= 0.3 is 11.9 Å². The van der Waals surface area contributed by atoms with Crippen LogP contribution in [0.1, 0.15) is 136 Å². The summed E-state index contributed by atoms with van der Waals surface area (Å²) in [5.74, 6) is -0.837. The molecule has 1 rings (SSSR count). The Balaban J connectivity index is 2.14. The number of carbonyl (C=O) groups is 2. The molecule has 0 bridgehead atoms. The standard InChI is InChI=1S/C29H52O4/c1-3-5-7-9-11-13-15-19-23-32-28(30)26-21-17-18-22-27(25-26)29(31)33-24-20-16-14-12-10-8-6-4-2/h17,21,26-27H,3-16,18-20,22-25H2,1-2H3. The van der Waals surface area contributed by atoms with Crippen LogP contribution in [0.4, 0.5) is 0 Å². The minimum Gasteiger partial charge on any atom is -0.465 e. The van der Waals surface area contributed by atoms with Gasteiger partial charge in [-0.05, 0) is 32.1 Å². The first-order chi connectivity index (χ1) is 16.2. The van der Waals surface area contributed by atoms with Crippen molar-refractivity contribution in [3.63, 3.8) is 0 Å². The molecule has 0 amide bonds. The molecular formula is C29H52O4. The third-order valence-corrected chi connectivity index (χ3v) is 6.71. The van der Waals surface area contributed by atoms with Gasteiger partial charge in [-0.15, -0.1) is 0 Å². The molecule has 0 saturated carbocycles. The van der Waals surface area contributed by atoms with Crippen LogP contribution >= 0.6 is 0 Å². The molecule has 33 heavy (non-hydrogen) atoms. The maximum absolute atomic E-state index is 12.6. The Morgan fingerprint density at radius 3 is 1.64 bits per heavy atom. The Bertz CT molecular complexity index is 514. The second-order valence-electron chi connectivity index (χ2n) is 9.83. The quantitative estimate of drug-likeness (QED) is 0.103. The summed E-state index contributed by atoms with van der Waals surface area (Å²) in [7, 11) is 0. The van der Waals surface area contributed by atoms with E-state index in [9.17, 15) is 9.59 Å². The molecule has 4 heteroatoms. The molecule has 0 radical (unpaired) electrons. The molecule has 0 saturated heterocycles. The van der Waals surface area contributed by atoms with Crippen LogP contribution in [0.25, 0.3) is 0 Å². The maximum Gasteiger partial charge on any atom is 0.312 e. The van der Waals surface area contributed by atoms with Crippen LogP contribution in [0.2, 0.25) is 0 Å². The van der Waals surface area contributed by atoms with E-state index in [4.69, 9.17) is 9.47 Å². The highest BCUT2D eigenvalue weighted by Gasteiger charge is 2.29. The van der Waals surface area contributed by atoms with Crippen LogP contribution in [-0.2, 0) is 19.1 Å². The highest BCUT2D eigenvalue weighted by molar-refractivity contribution is 5.77. The lowest BCUT2D eigenvalue weighted by atomic mass is 9.94. The van der Waals surface area contributed by atoms with Crippen molar-refractivity contribution >= 4 is 11.9 Å². The molecule has 0 heterocycles. The predicted molar refractivity (Wildman–Crippen MR) is 137 cm³/mol. The summed E-state index contributed by atoms with van der Waals surface area (Å²) in [6.07, 6.45) is 25.7. The summed E-state index contributed by atoms with van der Waals surface area (Å²) in [4.78, 5) is 25.1. The smallest absolute Gasteiger partial charge is 0.312 e. The molecule has 1 aliphatic rings. The van der Waals surface area contributed by atoms with Crippen molar-refractivity contribution in [3.8, 4) is 0 Å². The molecule has 1 aliphatic carbocycles. The van der Waals surface area contributed by atoms with E-state index in [1.165, 1.54) is 77.0 Å². The van der Waals surface area contributed by atoms with Gasteiger partial charge in [-0.2, -0.15) is 0 Å². The van der Waals surface area contributed by atoms with Crippen LogP contribution in [-0.4, -0.2) is 25.2 Å². The van der Waals surface area contributed by atoms with Gasteiger partial charge in [0, 0.05) is 0 Å². The summed E-state index contributed by atoms with van der Waals surface area (Å²) in [6.45, 7) is 5.47. The molecule has 0 spiro atoms. The number of hydrogen-bond acceptors (Lipinski definition) is 4. The molecule has 0 aliphatic heterocycles. The molecule has 0 N–H and O–H groups in total. The van der Waals surface area contributed by atoms with Crippen molar-refractivity contribution in [2.75, 3.05) is 13.2 Å². The van der Waals surface area contributed by atoms with Gasteiger partial charge in [-0.25, -0.2) is 0 Å². The van der Waals surface area contributed by atoms with Gasteiger partial charge in [0.25, 0.3) is 0 Å². The first-order valence-corrected chi connectivity index (χ1v) is 14.2. The molecule has 2 unspecified atom stereocenters. The van der Waals surface area contributed by atoms with Gasteiger partial charge in [0.05, 0.1) is 25.0 Å². The number of ether oxygens (including phenoxy) is 2. The fourth-order valence-electron chi connectivity index (χ4n) is 4.49. The SMILES string of the molecule is CCCCCCCCCCOC(=O)C1C=CCCC(C(=O)OCCCCCCCCCC)C1. The van der Waals surface area contributed by atoms with Crippen molar-refractivity contribution in [1.29, 1.82) is 0 Å².